The van der Waals surface area contributed by atoms with E-state index in [0.29, 0.717) is 5.92 Å². The van der Waals surface area contributed by atoms with Gasteiger partial charge >= 0.3 is 0 Å². The fourth-order valence-electron chi connectivity index (χ4n) is 3.74. The summed E-state index contributed by atoms with van der Waals surface area (Å²) in [6, 6.07) is 6.74. The second kappa shape index (κ2) is 4.06. The maximum atomic E-state index is 9.88. The molecule has 1 aromatic heterocycles. The standard InChI is InChI=1S/C17H18N2/c1-4-14-13-7-11(2)9-17(14,10-18)15-6-5-12(3)19-16(15)8-13/h4-7,13H,8-9H2,1-3H3/t13-,17+/m0/s1. The van der Waals surface area contributed by atoms with Crippen molar-refractivity contribution in [3.05, 3.63) is 52.4 Å². The quantitative estimate of drug-likeness (QED) is 0.659. The molecule has 2 nitrogen and oxygen atoms in total. The molecule has 96 valence electrons. The van der Waals surface area contributed by atoms with Crippen LogP contribution in [0.1, 0.15) is 37.2 Å². The molecule has 0 spiro atoms. The number of rotatable bonds is 0. The summed E-state index contributed by atoms with van der Waals surface area (Å²) < 4.78 is 0. The Morgan fingerprint density at radius 1 is 1.42 bits per heavy atom. The Bertz CT molecular complexity index is 646. The SMILES string of the molecule is CC=C1[C@H]2C=C(C)C[C@]1(C#N)c1ccc(C)nc1C2. The number of hydrogen-bond donors (Lipinski definition) is 0. The van der Waals surface area contributed by atoms with Gasteiger partial charge in [-0.1, -0.05) is 23.8 Å². The second-order valence-electron chi connectivity index (χ2n) is 5.71. The summed E-state index contributed by atoms with van der Waals surface area (Å²) in [6.45, 7) is 6.20. The van der Waals surface area contributed by atoms with Gasteiger partial charge in [-0.2, -0.15) is 5.26 Å². The van der Waals surface area contributed by atoms with E-state index in [9.17, 15) is 5.26 Å². The molecule has 1 heterocycles. The van der Waals surface area contributed by atoms with Crippen LogP contribution in [0.5, 0.6) is 0 Å². The van der Waals surface area contributed by atoms with Crippen molar-refractivity contribution in [1.29, 1.82) is 5.26 Å². The minimum absolute atomic E-state index is 0.347. The molecule has 2 heteroatoms. The molecule has 0 fully saturated rings. The van der Waals surface area contributed by atoms with Gasteiger partial charge in [0.2, 0.25) is 0 Å². The summed E-state index contributed by atoms with van der Waals surface area (Å²) in [5, 5.41) is 9.88. The number of nitrogens with zero attached hydrogens (tertiary/aromatic N) is 2. The highest BCUT2D eigenvalue weighted by molar-refractivity contribution is 5.55. The highest BCUT2D eigenvalue weighted by Crippen LogP contribution is 2.50. The van der Waals surface area contributed by atoms with Gasteiger partial charge in [-0.15, -0.1) is 0 Å². The molecule has 2 bridgehead atoms. The summed E-state index contributed by atoms with van der Waals surface area (Å²) in [6.07, 6.45) is 6.19. The summed E-state index contributed by atoms with van der Waals surface area (Å²) in [7, 11) is 0. The average molecular weight is 250 g/mol. The van der Waals surface area contributed by atoms with Gasteiger partial charge in [-0.3, -0.25) is 4.98 Å². The van der Waals surface area contributed by atoms with Crippen molar-refractivity contribution < 1.29 is 0 Å². The molecule has 0 amide bonds. The molecule has 0 saturated carbocycles. The summed E-state index contributed by atoms with van der Waals surface area (Å²) in [4.78, 5) is 4.68. The van der Waals surface area contributed by atoms with Gasteiger partial charge in [0.15, 0.2) is 0 Å². The Morgan fingerprint density at radius 3 is 2.89 bits per heavy atom. The zero-order chi connectivity index (χ0) is 13.6. The van der Waals surface area contributed by atoms with E-state index in [1.165, 1.54) is 11.1 Å². The van der Waals surface area contributed by atoms with E-state index in [4.69, 9.17) is 0 Å². The third kappa shape index (κ3) is 1.58. The number of pyridine rings is 1. The Balaban J connectivity index is 2.31. The first-order valence-corrected chi connectivity index (χ1v) is 6.83. The van der Waals surface area contributed by atoms with Crippen molar-refractivity contribution in [2.45, 2.75) is 39.0 Å². The van der Waals surface area contributed by atoms with Crippen molar-refractivity contribution in [2.24, 2.45) is 5.92 Å². The minimum Gasteiger partial charge on any atom is -0.258 e. The van der Waals surface area contributed by atoms with Crippen LogP contribution in [0.2, 0.25) is 0 Å². The Hall–Kier alpha value is -1.88. The summed E-state index contributed by atoms with van der Waals surface area (Å²) in [5.74, 6) is 0.347. The lowest BCUT2D eigenvalue weighted by Gasteiger charge is -2.43. The van der Waals surface area contributed by atoms with Crippen LogP contribution in [0, 0.1) is 24.2 Å². The molecule has 3 rings (SSSR count). The topological polar surface area (TPSA) is 36.7 Å². The van der Waals surface area contributed by atoms with E-state index < -0.39 is 5.41 Å². The summed E-state index contributed by atoms with van der Waals surface area (Å²) in [5.41, 5.74) is 5.38. The first-order valence-electron chi connectivity index (χ1n) is 6.83. The van der Waals surface area contributed by atoms with Gasteiger partial charge < -0.3 is 0 Å². The van der Waals surface area contributed by atoms with E-state index in [1.807, 2.05) is 13.0 Å². The first kappa shape index (κ1) is 12.2. The maximum absolute atomic E-state index is 9.88. The van der Waals surface area contributed by atoms with Crippen molar-refractivity contribution in [1.82, 2.24) is 4.98 Å². The predicted molar refractivity (Wildman–Crippen MR) is 75.6 cm³/mol. The van der Waals surface area contributed by atoms with Crippen molar-refractivity contribution in [3.8, 4) is 6.07 Å². The van der Waals surface area contributed by atoms with E-state index in [1.54, 1.807) is 0 Å². The molecular formula is C17H18N2. The number of nitriles is 1. The second-order valence-corrected chi connectivity index (χ2v) is 5.71. The molecule has 0 aromatic carbocycles. The van der Waals surface area contributed by atoms with Gasteiger partial charge in [-0.25, -0.2) is 0 Å². The van der Waals surface area contributed by atoms with Crippen LogP contribution in [-0.2, 0) is 11.8 Å². The highest BCUT2D eigenvalue weighted by atomic mass is 14.7. The van der Waals surface area contributed by atoms with Crippen LogP contribution in [0.3, 0.4) is 0 Å². The van der Waals surface area contributed by atoms with E-state index in [0.717, 1.165) is 29.8 Å². The number of aromatic nitrogens is 1. The van der Waals surface area contributed by atoms with Crippen LogP contribution in [0.25, 0.3) is 0 Å². The third-order valence-corrected chi connectivity index (χ3v) is 4.41. The van der Waals surface area contributed by atoms with Crippen LogP contribution in [0.15, 0.2) is 35.4 Å². The predicted octanol–water partition coefficient (Wildman–Crippen LogP) is 3.62. The number of hydrogen-bond acceptors (Lipinski definition) is 2. The Labute approximate surface area is 114 Å². The lowest BCUT2D eigenvalue weighted by atomic mass is 9.59. The van der Waals surface area contributed by atoms with Crippen LogP contribution in [0.4, 0.5) is 0 Å². The Morgan fingerprint density at radius 2 is 2.21 bits per heavy atom. The van der Waals surface area contributed by atoms with Crippen molar-refractivity contribution >= 4 is 0 Å². The molecule has 0 aliphatic heterocycles. The fourth-order valence-corrected chi connectivity index (χ4v) is 3.74. The number of allylic oxidation sites excluding steroid dienone is 4. The zero-order valence-electron chi connectivity index (χ0n) is 11.7. The zero-order valence-corrected chi connectivity index (χ0v) is 11.7. The smallest absolute Gasteiger partial charge is 0.109 e. The monoisotopic (exact) mass is 250 g/mol. The highest BCUT2D eigenvalue weighted by Gasteiger charge is 2.47. The molecule has 19 heavy (non-hydrogen) atoms. The first-order chi connectivity index (χ1) is 9.10. The maximum Gasteiger partial charge on any atom is 0.109 e. The number of aryl methyl sites for hydroxylation is 1. The average Bonchev–Trinajstić information content (AvgIpc) is 2.37. The van der Waals surface area contributed by atoms with Crippen LogP contribution in [-0.4, -0.2) is 4.98 Å². The van der Waals surface area contributed by atoms with E-state index in [-0.39, 0.29) is 0 Å². The number of fused-ring (bicyclic) bond motifs is 4. The Kier molecular flexibility index (Phi) is 2.60. The van der Waals surface area contributed by atoms with Gasteiger partial charge in [0.1, 0.15) is 5.41 Å². The van der Waals surface area contributed by atoms with E-state index in [2.05, 4.69) is 43.1 Å². The molecule has 0 saturated heterocycles. The molecule has 2 aliphatic carbocycles. The normalized spacial score (nSPS) is 30.5. The van der Waals surface area contributed by atoms with Gasteiger partial charge in [0.05, 0.1) is 6.07 Å². The molecule has 0 unspecified atom stereocenters. The lowest BCUT2D eigenvalue weighted by molar-refractivity contribution is 0.478. The van der Waals surface area contributed by atoms with Crippen molar-refractivity contribution in [2.75, 3.05) is 0 Å². The van der Waals surface area contributed by atoms with Crippen LogP contribution < -0.4 is 0 Å². The third-order valence-electron chi connectivity index (χ3n) is 4.41. The molecule has 0 N–H and O–H groups in total. The van der Waals surface area contributed by atoms with Crippen molar-refractivity contribution in [3.63, 3.8) is 0 Å². The minimum atomic E-state index is -0.480. The molecular weight excluding hydrogens is 232 g/mol. The molecule has 1 aromatic rings. The van der Waals surface area contributed by atoms with Gasteiger partial charge in [0, 0.05) is 23.7 Å². The molecule has 0 radical (unpaired) electrons. The largest absolute Gasteiger partial charge is 0.258 e. The van der Waals surface area contributed by atoms with Gasteiger partial charge in [-0.05, 0) is 44.4 Å². The summed E-state index contributed by atoms with van der Waals surface area (Å²) >= 11 is 0. The molecule has 2 atom stereocenters. The van der Waals surface area contributed by atoms with Gasteiger partial charge in [0.25, 0.3) is 0 Å². The lowest BCUT2D eigenvalue weighted by Crippen LogP contribution is -2.40. The van der Waals surface area contributed by atoms with Crippen LogP contribution >= 0.6 is 0 Å². The molecule has 2 aliphatic rings. The van der Waals surface area contributed by atoms with E-state index >= 15 is 0 Å². The fraction of sp³-hybridized carbons (Fsp3) is 0.412.